The van der Waals surface area contributed by atoms with Crippen LogP contribution in [0.1, 0.15) is 26.2 Å². The zero-order valence-corrected chi connectivity index (χ0v) is 11.0. The van der Waals surface area contributed by atoms with Crippen LogP contribution in [-0.4, -0.2) is 28.5 Å². The van der Waals surface area contributed by atoms with Crippen LogP contribution < -0.4 is 4.90 Å². The Hall–Kier alpha value is -1.91. The number of carboxylic acid groups (broad SMARTS) is 1. The van der Waals surface area contributed by atoms with E-state index in [0.29, 0.717) is 19.4 Å². The van der Waals surface area contributed by atoms with E-state index in [1.54, 1.807) is 29.4 Å². The molecule has 19 heavy (non-hydrogen) atoms. The van der Waals surface area contributed by atoms with Gasteiger partial charge in [0.25, 0.3) is 0 Å². The maximum atomic E-state index is 12.5. The second kappa shape index (κ2) is 5.82. The molecule has 1 aromatic rings. The fourth-order valence-corrected chi connectivity index (χ4v) is 2.74. The molecule has 1 aromatic heterocycles. The Morgan fingerprint density at radius 1 is 1.32 bits per heavy atom. The number of carboxylic acids is 1. The highest BCUT2D eigenvalue weighted by atomic mass is 16.4. The maximum Gasteiger partial charge on any atom is 0.307 e. The number of carbonyl (C=O) groups excluding carboxylic acids is 1. The fraction of sp³-hybridized carbons (Fsp3) is 0.500. The Kier molecular flexibility index (Phi) is 4.14. The van der Waals surface area contributed by atoms with Crippen molar-refractivity contribution in [1.29, 1.82) is 0 Å². The number of aromatic nitrogens is 1. The number of rotatable bonds is 4. The molecule has 2 rings (SSSR count). The van der Waals surface area contributed by atoms with Crippen molar-refractivity contribution in [1.82, 2.24) is 4.98 Å². The summed E-state index contributed by atoms with van der Waals surface area (Å²) in [5, 5.41) is 9.18. The van der Waals surface area contributed by atoms with E-state index in [-0.39, 0.29) is 5.91 Å². The van der Waals surface area contributed by atoms with Gasteiger partial charge in [-0.3, -0.25) is 14.6 Å². The van der Waals surface area contributed by atoms with Crippen LogP contribution in [0.4, 0.5) is 5.69 Å². The van der Waals surface area contributed by atoms with Crippen LogP contribution in [0.25, 0.3) is 0 Å². The Bertz CT molecular complexity index is 461. The lowest BCUT2D eigenvalue weighted by molar-refractivity contribution is -0.145. The minimum Gasteiger partial charge on any atom is -0.481 e. The van der Waals surface area contributed by atoms with Gasteiger partial charge in [-0.25, -0.2) is 0 Å². The molecule has 0 saturated heterocycles. The average Bonchev–Trinajstić information content (AvgIpc) is 2.90. The van der Waals surface area contributed by atoms with Gasteiger partial charge in [0.05, 0.1) is 11.8 Å². The highest BCUT2D eigenvalue weighted by Gasteiger charge is 2.39. The third kappa shape index (κ3) is 2.75. The van der Waals surface area contributed by atoms with Crippen LogP contribution in [0.3, 0.4) is 0 Å². The minimum absolute atomic E-state index is 0.0846. The molecule has 0 aromatic carbocycles. The number of amides is 1. The summed E-state index contributed by atoms with van der Waals surface area (Å²) in [6.07, 6.45) is 5.33. The molecule has 0 bridgehead atoms. The van der Waals surface area contributed by atoms with E-state index in [4.69, 9.17) is 0 Å². The standard InChI is InChI=1S/C14H18N2O3/c1-2-16(10-6-8-15-9-7-10)13(17)11-4-3-5-12(11)14(18)19/h6-9,11-12H,2-5H2,1H3,(H,18,19). The highest BCUT2D eigenvalue weighted by molar-refractivity contribution is 5.97. The van der Waals surface area contributed by atoms with Crippen LogP contribution in [-0.2, 0) is 9.59 Å². The number of carbonyl (C=O) groups is 2. The number of aliphatic carboxylic acids is 1. The lowest BCUT2D eigenvalue weighted by atomic mass is 9.94. The lowest BCUT2D eigenvalue weighted by Crippen LogP contribution is -2.39. The predicted molar refractivity (Wildman–Crippen MR) is 70.7 cm³/mol. The largest absolute Gasteiger partial charge is 0.481 e. The molecule has 1 N–H and O–H groups in total. The highest BCUT2D eigenvalue weighted by Crippen LogP contribution is 2.34. The topological polar surface area (TPSA) is 70.5 Å². The summed E-state index contributed by atoms with van der Waals surface area (Å²) in [5.74, 6) is -1.88. The molecule has 5 nitrogen and oxygen atoms in total. The van der Waals surface area contributed by atoms with Crippen LogP contribution in [0.5, 0.6) is 0 Å². The monoisotopic (exact) mass is 262 g/mol. The molecule has 0 radical (unpaired) electrons. The SMILES string of the molecule is CCN(C(=O)C1CCCC1C(=O)O)c1ccncc1. The second-order valence-corrected chi connectivity index (χ2v) is 4.77. The van der Waals surface area contributed by atoms with Crippen molar-refractivity contribution < 1.29 is 14.7 Å². The van der Waals surface area contributed by atoms with Crippen molar-refractivity contribution >= 4 is 17.6 Å². The summed E-state index contributed by atoms with van der Waals surface area (Å²) in [7, 11) is 0. The van der Waals surface area contributed by atoms with E-state index in [2.05, 4.69) is 4.98 Å². The summed E-state index contributed by atoms with van der Waals surface area (Å²) in [4.78, 5) is 29.3. The number of pyridine rings is 1. The fourth-order valence-electron chi connectivity index (χ4n) is 2.74. The predicted octanol–water partition coefficient (Wildman–Crippen LogP) is 1.94. The third-order valence-corrected chi connectivity index (χ3v) is 3.71. The molecule has 5 heteroatoms. The van der Waals surface area contributed by atoms with Crippen molar-refractivity contribution in [2.45, 2.75) is 26.2 Å². The van der Waals surface area contributed by atoms with Gasteiger partial charge in [0.2, 0.25) is 5.91 Å². The lowest BCUT2D eigenvalue weighted by Gasteiger charge is -2.26. The van der Waals surface area contributed by atoms with Crippen LogP contribution in [0, 0.1) is 11.8 Å². The van der Waals surface area contributed by atoms with E-state index in [1.165, 1.54) is 0 Å². The van der Waals surface area contributed by atoms with Gasteiger partial charge < -0.3 is 10.0 Å². The number of nitrogens with zero attached hydrogens (tertiary/aromatic N) is 2. The van der Waals surface area contributed by atoms with Crippen molar-refractivity contribution in [3.8, 4) is 0 Å². The Morgan fingerprint density at radius 3 is 2.53 bits per heavy atom. The van der Waals surface area contributed by atoms with Gasteiger partial charge in [-0.2, -0.15) is 0 Å². The first-order valence-electron chi connectivity index (χ1n) is 6.59. The Labute approximate surface area is 112 Å². The first-order valence-corrected chi connectivity index (χ1v) is 6.59. The molecular weight excluding hydrogens is 244 g/mol. The second-order valence-electron chi connectivity index (χ2n) is 4.77. The van der Waals surface area contributed by atoms with Gasteiger partial charge >= 0.3 is 5.97 Å². The summed E-state index contributed by atoms with van der Waals surface area (Å²) in [6.45, 7) is 2.43. The molecule has 1 aliphatic rings. The van der Waals surface area contributed by atoms with E-state index in [0.717, 1.165) is 12.1 Å². The van der Waals surface area contributed by atoms with Crippen LogP contribution >= 0.6 is 0 Å². The molecule has 1 fully saturated rings. The summed E-state index contributed by atoms with van der Waals surface area (Å²) >= 11 is 0. The van der Waals surface area contributed by atoms with Gasteiger partial charge in [0.1, 0.15) is 0 Å². The van der Waals surface area contributed by atoms with Gasteiger partial charge in [-0.05, 0) is 31.9 Å². The molecular formula is C14H18N2O3. The zero-order valence-electron chi connectivity index (χ0n) is 11.0. The average molecular weight is 262 g/mol. The summed E-state index contributed by atoms with van der Waals surface area (Å²) in [6, 6.07) is 3.54. The smallest absolute Gasteiger partial charge is 0.307 e. The minimum atomic E-state index is -0.860. The molecule has 1 amide bonds. The van der Waals surface area contributed by atoms with Gasteiger partial charge in [-0.15, -0.1) is 0 Å². The van der Waals surface area contributed by atoms with E-state index < -0.39 is 17.8 Å². The summed E-state index contributed by atoms with van der Waals surface area (Å²) in [5.41, 5.74) is 0.776. The number of hydrogen-bond acceptors (Lipinski definition) is 3. The van der Waals surface area contributed by atoms with Crippen molar-refractivity contribution in [3.05, 3.63) is 24.5 Å². The van der Waals surface area contributed by atoms with Gasteiger partial charge in [0, 0.05) is 24.6 Å². The zero-order chi connectivity index (χ0) is 13.8. The molecule has 102 valence electrons. The molecule has 0 aliphatic heterocycles. The third-order valence-electron chi connectivity index (χ3n) is 3.71. The van der Waals surface area contributed by atoms with Crippen molar-refractivity contribution in [2.24, 2.45) is 11.8 Å². The van der Waals surface area contributed by atoms with Crippen LogP contribution in [0.15, 0.2) is 24.5 Å². The molecule has 1 saturated carbocycles. The summed E-state index contributed by atoms with van der Waals surface area (Å²) < 4.78 is 0. The molecule has 2 unspecified atom stereocenters. The molecule has 1 aliphatic carbocycles. The van der Waals surface area contributed by atoms with Gasteiger partial charge in [0.15, 0.2) is 0 Å². The van der Waals surface area contributed by atoms with E-state index in [9.17, 15) is 14.7 Å². The van der Waals surface area contributed by atoms with E-state index >= 15 is 0 Å². The Morgan fingerprint density at radius 2 is 1.95 bits per heavy atom. The number of hydrogen-bond donors (Lipinski definition) is 1. The quantitative estimate of drug-likeness (QED) is 0.900. The molecule has 1 heterocycles. The normalized spacial score (nSPS) is 22.2. The van der Waals surface area contributed by atoms with Crippen molar-refractivity contribution in [3.63, 3.8) is 0 Å². The maximum absolute atomic E-state index is 12.5. The first-order chi connectivity index (χ1) is 9.15. The van der Waals surface area contributed by atoms with Crippen molar-refractivity contribution in [2.75, 3.05) is 11.4 Å². The van der Waals surface area contributed by atoms with Crippen LogP contribution in [0.2, 0.25) is 0 Å². The molecule has 2 atom stereocenters. The Balaban J connectivity index is 2.19. The van der Waals surface area contributed by atoms with Gasteiger partial charge in [-0.1, -0.05) is 6.42 Å². The number of anilines is 1. The van der Waals surface area contributed by atoms with E-state index in [1.807, 2.05) is 6.92 Å². The first kappa shape index (κ1) is 13.5. The molecule has 0 spiro atoms.